The van der Waals surface area contributed by atoms with Crippen molar-refractivity contribution in [2.24, 2.45) is 0 Å². The number of nitrogen functional groups attached to an aromatic ring is 1. The van der Waals surface area contributed by atoms with Crippen LogP contribution in [0, 0.1) is 12.7 Å². The fourth-order valence-corrected chi connectivity index (χ4v) is 2.04. The SMILES string of the molecule is Cc1nc(-c2ccc3ccccc3c2)nc(N)c1F. The summed E-state index contributed by atoms with van der Waals surface area (Å²) in [5, 5.41) is 2.22. The van der Waals surface area contributed by atoms with Crippen molar-refractivity contribution in [3.8, 4) is 11.4 Å². The quantitative estimate of drug-likeness (QED) is 0.723. The standard InChI is InChI=1S/C15H12FN3/c1-9-13(16)14(17)19-15(18-9)12-7-6-10-4-2-3-5-11(10)8-12/h2-8H,1H3,(H2,17,18,19). The van der Waals surface area contributed by atoms with Crippen LogP contribution in [0.1, 0.15) is 5.69 Å². The van der Waals surface area contributed by atoms with E-state index < -0.39 is 5.82 Å². The predicted molar refractivity (Wildman–Crippen MR) is 74.1 cm³/mol. The zero-order valence-corrected chi connectivity index (χ0v) is 10.4. The normalized spacial score (nSPS) is 10.8. The number of hydrogen-bond donors (Lipinski definition) is 1. The van der Waals surface area contributed by atoms with E-state index in [1.807, 2.05) is 42.5 Å². The van der Waals surface area contributed by atoms with Crippen molar-refractivity contribution < 1.29 is 4.39 Å². The van der Waals surface area contributed by atoms with Crippen molar-refractivity contribution in [2.75, 3.05) is 5.73 Å². The van der Waals surface area contributed by atoms with Crippen molar-refractivity contribution in [1.82, 2.24) is 9.97 Å². The van der Waals surface area contributed by atoms with Crippen LogP contribution in [0.5, 0.6) is 0 Å². The van der Waals surface area contributed by atoms with Crippen molar-refractivity contribution >= 4 is 16.6 Å². The van der Waals surface area contributed by atoms with Gasteiger partial charge in [0, 0.05) is 5.56 Å². The summed E-state index contributed by atoms with van der Waals surface area (Å²) in [5.41, 5.74) is 6.63. The molecule has 3 rings (SSSR count). The van der Waals surface area contributed by atoms with E-state index in [4.69, 9.17) is 5.73 Å². The number of nitrogens with two attached hydrogens (primary N) is 1. The molecule has 0 unspecified atom stereocenters. The lowest BCUT2D eigenvalue weighted by molar-refractivity contribution is 0.608. The molecule has 1 aromatic heterocycles. The molecule has 0 atom stereocenters. The molecular formula is C15H12FN3. The molecule has 0 amide bonds. The van der Waals surface area contributed by atoms with Gasteiger partial charge < -0.3 is 5.73 Å². The molecule has 0 spiro atoms. The van der Waals surface area contributed by atoms with Gasteiger partial charge in [-0.15, -0.1) is 0 Å². The average Bonchev–Trinajstić information content (AvgIpc) is 2.43. The number of halogens is 1. The Bertz CT molecular complexity index is 745. The van der Waals surface area contributed by atoms with Gasteiger partial charge in [0.25, 0.3) is 0 Å². The molecule has 0 aliphatic carbocycles. The summed E-state index contributed by atoms with van der Waals surface area (Å²) in [5.74, 6) is -0.220. The largest absolute Gasteiger partial charge is 0.381 e. The van der Waals surface area contributed by atoms with Gasteiger partial charge in [-0.1, -0.05) is 36.4 Å². The van der Waals surface area contributed by atoms with Crippen molar-refractivity contribution in [3.05, 3.63) is 54.0 Å². The van der Waals surface area contributed by atoms with Crippen molar-refractivity contribution in [1.29, 1.82) is 0 Å². The fraction of sp³-hybridized carbons (Fsp3) is 0.0667. The lowest BCUT2D eigenvalue weighted by Crippen LogP contribution is -2.02. The summed E-state index contributed by atoms with van der Waals surface area (Å²) in [6.07, 6.45) is 0. The highest BCUT2D eigenvalue weighted by molar-refractivity contribution is 5.86. The van der Waals surface area contributed by atoms with Crippen LogP contribution in [0.15, 0.2) is 42.5 Å². The molecule has 2 aromatic carbocycles. The number of aromatic nitrogens is 2. The van der Waals surface area contributed by atoms with Gasteiger partial charge in [0.1, 0.15) is 0 Å². The minimum absolute atomic E-state index is 0.115. The Balaban J connectivity index is 2.19. The lowest BCUT2D eigenvalue weighted by atomic mass is 10.1. The molecule has 4 heteroatoms. The van der Waals surface area contributed by atoms with Gasteiger partial charge in [0.05, 0.1) is 5.69 Å². The molecule has 19 heavy (non-hydrogen) atoms. The minimum atomic E-state index is -0.551. The first kappa shape index (κ1) is 11.6. The summed E-state index contributed by atoms with van der Waals surface area (Å²) in [6, 6.07) is 13.9. The molecule has 3 nitrogen and oxygen atoms in total. The van der Waals surface area contributed by atoms with E-state index >= 15 is 0 Å². The summed E-state index contributed by atoms with van der Waals surface area (Å²) in [4.78, 5) is 8.15. The van der Waals surface area contributed by atoms with E-state index in [2.05, 4.69) is 9.97 Å². The van der Waals surface area contributed by atoms with Crippen LogP contribution in [0.2, 0.25) is 0 Å². The molecule has 2 N–H and O–H groups in total. The third-order valence-electron chi connectivity index (χ3n) is 3.05. The highest BCUT2D eigenvalue weighted by atomic mass is 19.1. The van der Waals surface area contributed by atoms with Gasteiger partial charge in [-0.2, -0.15) is 0 Å². The molecule has 1 heterocycles. The second-order valence-electron chi connectivity index (χ2n) is 4.39. The van der Waals surface area contributed by atoms with Gasteiger partial charge in [0.2, 0.25) is 0 Å². The Hall–Kier alpha value is -2.49. The van der Waals surface area contributed by atoms with E-state index in [0.29, 0.717) is 5.82 Å². The number of anilines is 1. The molecule has 0 saturated carbocycles. The monoisotopic (exact) mass is 253 g/mol. The highest BCUT2D eigenvalue weighted by Crippen LogP contribution is 2.23. The van der Waals surface area contributed by atoms with E-state index in [1.165, 1.54) is 0 Å². The van der Waals surface area contributed by atoms with Crippen LogP contribution < -0.4 is 5.73 Å². The van der Waals surface area contributed by atoms with Crippen LogP contribution in [0.3, 0.4) is 0 Å². The summed E-state index contributed by atoms with van der Waals surface area (Å²) >= 11 is 0. The number of hydrogen-bond acceptors (Lipinski definition) is 3. The average molecular weight is 253 g/mol. The fourth-order valence-electron chi connectivity index (χ4n) is 2.04. The Morgan fingerprint density at radius 3 is 2.47 bits per heavy atom. The summed E-state index contributed by atoms with van der Waals surface area (Å²) in [7, 11) is 0. The summed E-state index contributed by atoms with van der Waals surface area (Å²) in [6.45, 7) is 1.58. The van der Waals surface area contributed by atoms with Crippen LogP contribution in [0.25, 0.3) is 22.2 Å². The van der Waals surface area contributed by atoms with E-state index in [0.717, 1.165) is 16.3 Å². The van der Waals surface area contributed by atoms with E-state index in [-0.39, 0.29) is 11.5 Å². The second-order valence-corrected chi connectivity index (χ2v) is 4.39. The number of aryl methyl sites for hydroxylation is 1. The number of benzene rings is 2. The molecule has 0 aliphatic rings. The first-order chi connectivity index (χ1) is 9.15. The molecule has 94 valence electrons. The minimum Gasteiger partial charge on any atom is -0.381 e. The van der Waals surface area contributed by atoms with Crippen molar-refractivity contribution in [3.63, 3.8) is 0 Å². The Morgan fingerprint density at radius 2 is 1.74 bits per heavy atom. The maximum absolute atomic E-state index is 13.4. The summed E-state index contributed by atoms with van der Waals surface area (Å²) < 4.78 is 13.4. The van der Waals surface area contributed by atoms with Crippen LogP contribution in [-0.2, 0) is 0 Å². The molecule has 0 radical (unpaired) electrons. The Kier molecular flexibility index (Phi) is 2.63. The van der Waals surface area contributed by atoms with Gasteiger partial charge >= 0.3 is 0 Å². The molecular weight excluding hydrogens is 241 g/mol. The molecule has 0 bridgehead atoms. The van der Waals surface area contributed by atoms with Gasteiger partial charge in [-0.05, 0) is 23.8 Å². The zero-order chi connectivity index (χ0) is 13.4. The maximum atomic E-state index is 13.4. The topological polar surface area (TPSA) is 51.8 Å². The number of nitrogens with zero attached hydrogens (tertiary/aromatic N) is 2. The predicted octanol–water partition coefficient (Wildman–Crippen LogP) is 3.33. The third kappa shape index (κ3) is 2.01. The van der Waals surface area contributed by atoms with Crippen molar-refractivity contribution in [2.45, 2.75) is 6.92 Å². The first-order valence-electron chi connectivity index (χ1n) is 5.94. The van der Waals surface area contributed by atoms with E-state index in [9.17, 15) is 4.39 Å². The molecule has 3 aromatic rings. The highest BCUT2D eigenvalue weighted by Gasteiger charge is 2.10. The van der Waals surface area contributed by atoms with Crippen LogP contribution >= 0.6 is 0 Å². The first-order valence-corrected chi connectivity index (χ1v) is 5.94. The van der Waals surface area contributed by atoms with Gasteiger partial charge in [-0.3, -0.25) is 0 Å². The smallest absolute Gasteiger partial charge is 0.186 e. The third-order valence-corrected chi connectivity index (χ3v) is 3.05. The lowest BCUT2D eigenvalue weighted by Gasteiger charge is -2.06. The second kappa shape index (κ2) is 4.31. The molecule has 0 fully saturated rings. The van der Waals surface area contributed by atoms with Gasteiger partial charge in [-0.25, -0.2) is 14.4 Å². The Labute approximate surface area is 109 Å². The Morgan fingerprint density at radius 1 is 1.00 bits per heavy atom. The maximum Gasteiger partial charge on any atom is 0.186 e. The zero-order valence-electron chi connectivity index (χ0n) is 10.4. The van der Waals surface area contributed by atoms with Gasteiger partial charge in [0.15, 0.2) is 17.5 Å². The van der Waals surface area contributed by atoms with Crippen LogP contribution in [0.4, 0.5) is 10.2 Å². The number of rotatable bonds is 1. The molecule has 0 aliphatic heterocycles. The number of fused-ring (bicyclic) bond motifs is 1. The van der Waals surface area contributed by atoms with E-state index in [1.54, 1.807) is 6.92 Å². The molecule has 0 saturated heterocycles. The van der Waals surface area contributed by atoms with Crippen LogP contribution in [-0.4, -0.2) is 9.97 Å².